The largest absolute Gasteiger partial charge is 0.480 e. The minimum atomic E-state index is -0.695. The van der Waals surface area contributed by atoms with Crippen molar-refractivity contribution in [3.63, 3.8) is 0 Å². The molecule has 0 saturated carbocycles. The van der Waals surface area contributed by atoms with Crippen LogP contribution in [0.2, 0.25) is 10.0 Å². The van der Waals surface area contributed by atoms with Gasteiger partial charge in [-0.05, 0) is 37.6 Å². The van der Waals surface area contributed by atoms with E-state index in [0.29, 0.717) is 27.1 Å². The molecule has 1 aliphatic rings. The lowest BCUT2D eigenvalue weighted by atomic mass is 9.94. The van der Waals surface area contributed by atoms with Crippen LogP contribution in [0, 0.1) is 0 Å². The van der Waals surface area contributed by atoms with Crippen LogP contribution in [-0.4, -0.2) is 37.1 Å². The smallest absolute Gasteiger partial charge is 0.274 e. The number of ether oxygens (including phenoxy) is 1. The van der Waals surface area contributed by atoms with Gasteiger partial charge in [-0.15, -0.1) is 0 Å². The summed E-state index contributed by atoms with van der Waals surface area (Å²) in [5.74, 6) is 0.554. The number of rotatable bonds is 5. The number of anilines is 2. The van der Waals surface area contributed by atoms with Gasteiger partial charge in [-0.25, -0.2) is 9.97 Å². The Kier molecular flexibility index (Phi) is 6.62. The fourth-order valence-corrected chi connectivity index (χ4v) is 5.23. The Bertz CT molecular complexity index is 1610. The van der Waals surface area contributed by atoms with Gasteiger partial charge in [-0.2, -0.15) is 4.98 Å². The van der Waals surface area contributed by atoms with Gasteiger partial charge in [0.2, 0.25) is 17.7 Å². The molecule has 0 aliphatic carbocycles. The predicted molar refractivity (Wildman–Crippen MR) is 146 cm³/mol. The van der Waals surface area contributed by atoms with Crippen LogP contribution in [0.4, 0.5) is 11.6 Å². The molecule has 196 valence electrons. The van der Waals surface area contributed by atoms with Crippen LogP contribution in [0.25, 0.3) is 11.4 Å². The molecular formula is C26H25Cl2N7O3. The molecule has 4 aromatic rings. The molecule has 38 heavy (non-hydrogen) atoms. The quantitative estimate of drug-likeness (QED) is 0.393. The van der Waals surface area contributed by atoms with Crippen LogP contribution in [0.1, 0.15) is 42.9 Å². The van der Waals surface area contributed by atoms with E-state index in [0.717, 1.165) is 11.3 Å². The highest BCUT2D eigenvalue weighted by Crippen LogP contribution is 2.43. The van der Waals surface area contributed by atoms with Crippen LogP contribution >= 0.6 is 23.2 Å². The molecule has 1 unspecified atom stereocenters. The number of halogens is 2. The van der Waals surface area contributed by atoms with E-state index in [1.165, 1.54) is 28.8 Å². The fourth-order valence-electron chi connectivity index (χ4n) is 4.86. The van der Waals surface area contributed by atoms with Crippen molar-refractivity contribution in [3.8, 4) is 17.3 Å². The zero-order valence-electron chi connectivity index (χ0n) is 21.1. The van der Waals surface area contributed by atoms with Crippen LogP contribution in [0.5, 0.6) is 5.88 Å². The number of fused-ring (bicyclic) bond motifs is 1. The maximum atomic E-state index is 13.8. The zero-order valence-corrected chi connectivity index (χ0v) is 22.7. The Balaban J connectivity index is 1.84. The molecule has 2 N–H and O–H groups in total. The van der Waals surface area contributed by atoms with Crippen molar-refractivity contribution in [2.75, 3.05) is 17.7 Å². The van der Waals surface area contributed by atoms with E-state index < -0.39 is 6.04 Å². The number of aryl methyl sites for hydroxylation is 1. The summed E-state index contributed by atoms with van der Waals surface area (Å²) in [6, 6.07) is 7.89. The lowest BCUT2D eigenvalue weighted by Gasteiger charge is -2.37. The van der Waals surface area contributed by atoms with Gasteiger partial charge >= 0.3 is 0 Å². The van der Waals surface area contributed by atoms with Crippen LogP contribution < -0.4 is 20.9 Å². The van der Waals surface area contributed by atoms with E-state index in [1.807, 2.05) is 30.5 Å². The third-order valence-corrected chi connectivity index (χ3v) is 6.89. The summed E-state index contributed by atoms with van der Waals surface area (Å²) < 4.78 is 8.87. The maximum absolute atomic E-state index is 13.8. The van der Waals surface area contributed by atoms with Crippen molar-refractivity contribution in [2.45, 2.75) is 32.4 Å². The van der Waals surface area contributed by atoms with Gasteiger partial charge in [0, 0.05) is 30.5 Å². The van der Waals surface area contributed by atoms with Gasteiger partial charge in [-0.3, -0.25) is 14.5 Å². The second-order valence-corrected chi connectivity index (χ2v) is 10.1. The normalized spacial score (nSPS) is 15.2. The number of hydrogen-bond acceptors (Lipinski definition) is 7. The Morgan fingerprint density at radius 2 is 1.82 bits per heavy atom. The molecule has 1 aromatic carbocycles. The highest BCUT2D eigenvalue weighted by Gasteiger charge is 2.41. The van der Waals surface area contributed by atoms with Gasteiger partial charge in [0.1, 0.15) is 17.6 Å². The summed E-state index contributed by atoms with van der Waals surface area (Å²) in [6.45, 7) is 4.02. The summed E-state index contributed by atoms with van der Waals surface area (Å²) in [4.78, 5) is 41.8. The van der Waals surface area contributed by atoms with Crippen LogP contribution in [-0.2, 0) is 18.3 Å². The Morgan fingerprint density at radius 1 is 1.11 bits per heavy atom. The Morgan fingerprint density at radius 3 is 2.47 bits per heavy atom. The molecule has 0 saturated heterocycles. The molecule has 5 rings (SSSR count). The first kappa shape index (κ1) is 25.7. The Hall–Kier alpha value is -3.89. The average molecular weight is 554 g/mol. The molecule has 10 nitrogen and oxygen atoms in total. The zero-order chi connectivity index (χ0) is 27.3. The molecule has 0 spiro atoms. The van der Waals surface area contributed by atoms with Crippen molar-refractivity contribution in [3.05, 3.63) is 80.1 Å². The average Bonchev–Trinajstić information content (AvgIpc) is 3.25. The third-order valence-electron chi connectivity index (χ3n) is 6.43. The number of methoxy groups -OCH3 is 1. The number of pyridine rings is 1. The van der Waals surface area contributed by atoms with Gasteiger partial charge in [-0.1, -0.05) is 35.3 Å². The number of hydrogen-bond donors (Lipinski definition) is 1. The molecule has 1 aliphatic heterocycles. The van der Waals surface area contributed by atoms with E-state index in [2.05, 4.69) is 9.97 Å². The summed E-state index contributed by atoms with van der Waals surface area (Å²) in [6.07, 6.45) is 3.03. The third kappa shape index (κ3) is 4.29. The lowest BCUT2D eigenvalue weighted by Crippen LogP contribution is -2.45. The molecule has 1 amide bonds. The van der Waals surface area contributed by atoms with Gasteiger partial charge in [0.15, 0.2) is 0 Å². The topological polar surface area (TPSA) is 121 Å². The van der Waals surface area contributed by atoms with E-state index in [4.69, 9.17) is 38.7 Å². The molecule has 12 heteroatoms. The van der Waals surface area contributed by atoms with Crippen LogP contribution in [0.15, 0.2) is 47.5 Å². The number of nitrogens with zero attached hydrogens (tertiary/aromatic N) is 6. The van der Waals surface area contributed by atoms with Crippen molar-refractivity contribution in [2.24, 2.45) is 7.05 Å². The van der Waals surface area contributed by atoms with Gasteiger partial charge in [0.05, 0.1) is 35.5 Å². The number of imidazole rings is 1. The predicted octanol–water partition coefficient (Wildman–Crippen LogP) is 4.20. The molecular weight excluding hydrogens is 529 g/mol. The first-order valence-corrected chi connectivity index (χ1v) is 12.6. The molecule has 3 aromatic heterocycles. The summed E-state index contributed by atoms with van der Waals surface area (Å²) in [5, 5.41) is 0.875. The summed E-state index contributed by atoms with van der Waals surface area (Å²) in [7, 11) is 3.09. The second kappa shape index (κ2) is 9.77. The molecule has 0 bridgehead atoms. The highest BCUT2D eigenvalue weighted by molar-refractivity contribution is 6.31. The number of benzene rings is 1. The molecule has 0 fully saturated rings. The van der Waals surface area contributed by atoms with E-state index in [-0.39, 0.29) is 41.4 Å². The molecule has 4 heterocycles. The first-order chi connectivity index (χ1) is 18.1. The number of amides is 1. The molecule has 1 atom stereocenters. The Labute approximate surface area is 228 Å². The van der Waals surface area contributed by atoms with Crippen molar-refractivity contribution in [1.29, 1.82) is 0 Å². The standard InChI is InChI=1S/C26H25Cl2N7O3/c1-13(2)34-22-18(31-23(34)17-11-30-26(29)32-24(17)38-4)10-20(36)35(19-9-16(28)12-33(3)25(19)37)21(22)14-5-7-15(27)8-6-14/h5-9,11-13,21H,10H2,1-4H3,(H2,29,30,32). The van der Waals surface area contributed by atoms with Crippen molar-refractivity contribution in [1.82, 2.24) is 24.1 Å². The number of nitrogens with two attached hydrogens (primary N) is 1. The SMILES string of the molecule is COc1nc(N)ncc1-c1nc2c(n1C(C)C)C(c1ccc(Cl)cc1)N(c1cc(Cl)cn(C)c1=O)C(=O)C2. The minimum absolute atomic E-state index is 0.0278. The highest BCUT2D eigenvalue weighted by atomic mass is 35.5. The lowest BCUT2D eigenvalue weighted by molar-refractivity contribution is -0.118. The maximum Gasteiger partial charge on any atom is 0.274 e. The number of carbonyl (C=O) groups is 1. The van der Waals surface area contributed by atoms with E-state index in [1.54, 1.807) is 25.4 Å². The van der Waals surface area contributed by atoms with Gasteiger partial charge < -0.3 is 19.6 Å². The summed E-state index contributed by atoms with van der Waals surface area (Å²) in [5.41, 5.74) is 8.21. The monoisotopic (exact) mass is 553 g/mol. The summed E-state index contributed by atoms with van der Waals surface area (Å²) >= 11 is 12.5. The number of aromatic nitrogens is 5. The van der Waals surface area contributed by atoms with E-state index >= 15 is 0 Å². The van der Waals surface area contributed by atoms with Gasteiger partial charge in [0.25, 0.3) is 5.56 Å². The number of nitrogen functional groups attached to an aromatic ring is 1. The van der Waals surface area contributed by atoms with Crippen molar-refractivity contribution >= 4 is 40.7 Å². The minimum Gasteiger partial charge on any atom is -0.480 e. The second-order valence-electron chi connectivity index (χ2n) is 9.24. The fraction of sp³-hybridized carbons (Fsp3) is 0.269. The van der Waals surface area contributed by atoms with E-state index in [9.17, 15) is 9.59 Å². The van der Waals surface area contributed by atoms with Crippen LogP contribution in [0.3, 0.4) is 0 Å². The first-order valence-electron chi connectivity index (χ1n) is 11.8. The number of carbonyl (C=O) groups excluding carboxylic acids is 1. The van der Waals surface area contributed by atoms with Crippen molar-refractivity contribution < 1.29 is 9.53 Å². The molecule has 0 radical (unpaired) electrons.